The Kier molecular flexibility index (Phi) is 5.98. The molecule has 0 saturated heterocycles. The summed E-state index contributed by atoms with van der Waals surface area (Å²) in [5.74, 6) is 1.11. The van der Waals surface area contributed by atoms with Gasteiger partial charge in [-0.3, -0.25) is 0 Å². The van der Waals surface area contributed by atoms with E-state index >= 15 is 0 Å². The molecule has 1 atom stereocenters. The molecule has 96 valence electrons. The van der Waals surface area contributed by atoms with Crippen molar-refractivity contribution in [1.82, 2.24) is 4.98 Å². The van der Waals surface area contributed by atoms with Crippen LogP contribution in [0, 0.1) is 0 Å². The summed E-state index contributed by atoms with van der Waals surface area (Å²) in [5.41, 5.74) is 7.32. The van der Waals surface area contributed by atoms with Crippen molar-refractivity contribution in [2.45, 2.75) is 46.1 Å². The number of rotatable bonds is 7. The van der Waals surface area contributed by atoms with Gasteiger partial charge in [0.1, 0.15) is 5.82 Å². The zero-order valence-corrected chi connectivity index (χ0v) is 11.3. The standard InChI is InChI=1S/C14H25N3/c1-4-10-17(6-3)14-12(8-7-9-16-14)11-13(15)5-2/h7-9,13H,4-6,10-11,15H2,1-3H3. The lowest BCUT2D eigenvalue weighted by atomic mass is 10.1. The Bertz CT molecular complexity index is 325. The van der Waals surface area contributed by atoms with Gasteiger partial charge in [-0.05, 0) is 37.8 Å². The number of hydrogen-bond acceptors (Lipinski definition) is 3. The van der Waals surface area contributed by atoms with Crippen LogP contribution in [0.5, 0.6) is 0 Å². The van der Waals surface area contributed by atoms with Crippen LogP contribution in [0.2, 0.25) is 0 Å². The summed E-state index contributed by atoms with van der Waals surface area (Å²) in [7, 11) is 0. The van der Waals surface area contributed by atoms with Crippen molar-refractivity contribution in [3.05, 3.63) is 23.9 Å². The molecule has 0 fully saturated rings. The van der Waals surface area contributed by atoms with E-state index in [0.717, 1.165) is 38.2 Å². The van der Waals surface area contributed by atoms with Crippen LogP contribution in [0.3, 0.4) is 0 Å². The number of nitrogens with two attached hydrogens (primary N) is 1. The van der Waals surface area contributed by atoms with E-state index in [0.29, 0.717) is 0 Å². The second kappa shape index (κ2) is 7.28. The van der Waals surface area contributed by atoms with Crippen molar-refractivity contribution in [3.8, 4) is 0 Å². The van der Waals surface area contributed by atoms with E-state index in [4.69, 9.17) is 5.73 Å². The van der Waals surface area contributed by atoms with Crippen molar-refractivity contribution in [3.63, 3.8) is 0 Å². The number of pyridine rings is 1. The minimum Gasteiger partial charge on any atom is -0.357 e. The van der Waals surface area contributed by atoms with Gasteiger partial charge < -0.3 is 10.6 Å². The summed E-state index contributed by atoms with van der Waals surface area (Å²) in [6.07, 6.45) is 4.94. The first-order valence-electron chi connectivity index (χ1n) is 6.67. The Balaban J connectivity index is 2.89. The molecule has 1 rings (SSSR count). The van der Waals surface area contributed by atoms with Gasteiger partial charge in [0.25, 0.3) is 0 Å². The lowest BCUT2D eigenvalue weighted by molar-refractivity contribution is 0.641. The van der Waals surface area contributed by atoms with Crippen LogP contribution in [0.4, 0.5) is 5.82 Å². The number of anilines is 1. The highest BCUT2D eigenvalue weighted by molar-refractivity contribution is 5.47. The maximum Gasteiger partial charge on any atom is 0.131 e. The molecule has 1 aromatic heterocycles. The average Bonchev–Trinajstić information content (AvgIpc) is 2.36. The molecule has 0 radical (unpaired) electrons. The zero-order chi connectivity index (χ0) is 12.7. The minimum atomic E-state index is 0.235. The Morgan fingerprint density at radius 2 is 2.12 bits per heavy atom. The number of aromatic nitrogens is 1. The van der Waals surface area contributed by atoms with E-state index in [-0.39, 0.29) is 6.04 Å². The first-order chi connectivity index (χ1) is 8.22. The van der Waals surface area contributed by atoms with Crippen LogP contribution in [0.25, 0.3) is 0 Å². The van der Waals surface area contributed by atoms with Gasteiger partial charge in [0.15, 0.2) is 0 Å². The van der Waals surface area contributed by atoms with Crippen LogP contribution in [-0.2, 0) is 6.42 Å². The van der Waals surface area contributed by atoms with Gasteiger partial charge in [0, 0.05) is 25.3 Å². The number of hydrogen-bond donors (Lipinski definition) is 1. The molecule has 0 aliphatic rings. The molecule has 3 heteroatoms. The monoisotopic (exact) mass is 235 g/mol. The molecule has 0 bridgehead atoms. The predicted octanol–water partition coefficient (Wildman–Crippen LogP) is 2.60. The topological polar surface area (TPSA) is 42.2 Å². The smallest absolute Gasteiger partial charge is 0.131 e. The molecular formula is C14H25N3. The summed E-state index contributed by atoms with van der Waals surface area (Å²) < 4.78 is 0. The molecule has 0 amide bonds. The third-order valence-corrected chi connectivity index (χ3v) is 3.05. The summed E-state index contributed by atoms with van der Waals surface area (Å²) in [4.78, 5) is 6.86. The summed E-state index contributed by atoms with van der Waals surface area (Å²) in [6, 6.07) is 4.38. The van der Waals surface area contributed by atoms with Gasteiger partial charge in [-0.1, -0.05) is 19.9 Å². The Morgan fingerprint density at radius 3 is 2.71 bits per heavy atom. The Labute approximate surface area is 105 Å². The first-order valence-corrected chi connectivity index (χ1v) is 6.67. The SMILES string of the molecule is CCCN(CC)c1ncccc1CC(N)CC. The Morgan fingerprint density at radius 1 is 1.35 bits per heavy atom. The fourth-order valence-corrected chi connectivity index (χ4v) is 1.98. The maximum absolute atomic E-state index is 6.04. The summed E-state index contributed by atoms with van der Waals surface area (Å²) in [6.45, 7) is 8.56. The molecule has 1 unspecified atom stereocenters. The van der Waals surface area contributed by atoms with E-state index < -0.39 is 0 Å². The van der Waals surface area contributed by atoms with Gasteiger partial charge in [0.2, 0.25) is 0 Å². The van der Waals surface area contributed by atoms with Crippen molar-refractivity contribution in [2.24, 2.45) is 5.73 Å². The lowest BCUT2D eigenvalue weighted by Crippen LogP contribution is -2.28. The molecule has 3 nitrogen and oxygen atoms in total. The maximum atomic E-state index is 6.04. The average molecular weight is 235 g/mol. The molecule has 0 aromatic carbocycles. The van der Waals surface area contributed by atoms with Gasteiger partial charge in [-0.2, -0.15) is 0 Å². The van der Waals surface area contributed by atoms with E-state index in [1.54, 1.807) is 0 Å². The van der Waals surface area contributed by atoms with Crippen molar-refractivity contribution in [2.75, 3.05) is 18.0 Å². The molecule has 17 heavy (non-hydrogen) atoms. The van der Waals surface area contributed by atoms with E-state index in [2.05, 4.69) is 36.7 Å². The normalized spacial score (nSPS) is 12.5. The second-order valence-electron chi connectivity index (χ2n) is 4.44. The predicted molar refractivity (Wildman–Crippen MR) is 74.4 cm³/mol. The molecule has 0 saturated carbocycles. The fourth-order valence-electron chi connectivity index (χ4n) is 1.98. The van der Waals surface area contributed by atoms with Crippen LogP contribution in [-0.4, -0.2) is 24.1 Å². The van der Waals surface area contributed by atoms with Crippen molar-refractivity contribution >= 4 is 5.82 Å². The molecule has 1 heterocycles. The molecule has 0 aliphatic heterocycles. The Hall–Kier alpha value is -1.09. The highest BCUT2D eigenvalue weighted by atomic mass is 15.2. The van der Waals surface area contributed by atoms with E-state index in [1.807, 2.05) is 12.3 Å². The van der Waals surface area contributed by atoms with Crippen molar-refractivity contribution in [1.29, 1.82) is 0 Å². The summed E-state index contributed by atoms with van der Waals surface area (Å²) in [5, 5.41) is 0. The fraction of sp³-hybridized carbons (Fsp3) is 0.643. The van der Waals surface area contributed by atoms with Crippen LogP contribution >= 0.6 is 0 Å². The van der Waals surface area contributed by atoms with Crippen LogP contribution < -0.4 is 10.6 Å². The van der Waals surface area contributed by atoms with E-state index in [1.165, 1.54) is 5.56 Å². The quantitative estimate of drug-likeness (QED) is 0.790. The molecule has 0 aliphatic carbocycles. The molecular weight excluding hydrogens is 210 g/mol. The minimum absolute atomic E-state index is 0.235. The van der Waals surface area contributed by atoms with Crippen molar-refractivity contribution < 1.29 is 0 Å². The lowest BCUT2D eigenvalue weighted by Gasteiger charge is -2.24. The highest BCUT2D eigenvalue weighted by Gasteiger charge is 2.12. The van der Waals surface area contributed by atoms with Crippen LogP contribution in [0.1, 0.15) is 39.2 Å². The molecule has 1 aromatic rings. The zero-order valence-electron chi connectivity index (χ0n) is 11.3. The van der Waals surface area contributed by atoms with Gasteiger partial charge in [0.05, 0.1) is 0 Å². The van der Waals surface area contributed by atoms with Gasteiger partial charge in [-0.25, -0.2) is 4.98 Å². The molecule has 0 spiro atoms. The highest BCUT2D eigenvalue weighted by Crippen LogP contribution is 2.19. The van der Waals surface area contributed by atoms with E-state index in [9.17, 15) is 0 Å². The largest absolute Gasteiger partial charge is 0.357 e. The van der Waals surface area contributed by atoms with Gasteiger partial charge >= 0.3 is 0 Å². The third kappa shape index (κ3) is 4.00. The first kappa shape index (κ1) is 14.0. The summed E-state index contributed by atoms with van der Waals surface area (Å²) >= 11 is 0. The third-order valence-electron chi connectivity index (χ3n) is 3.05. The second-order valence-corrected chi connectivity index (χ2v) is 4.44. The van der Waals surface area contributed by atoms with Gasteiger partial charge in [-0.15, -0.1) is 0 Å². The molecule has 2 N–H and O–H groups in total. The van der Waals surface area contributed by atoms with Crippen LogP contribution in [0.15, 0.2) is 18.3 Å². The number of nitrogens with zero attached hydrogens (tertiary/aromatic N) is 2.